The second kappa shape index (κ2) is 10.8. The number of hydrogen-bond acceptors (Lipinski definition) is 3. The zero-order chi connectivity index (χ0) is 18.0. The maximum atomic E-state index is 12.1. The van der Waals surface area contributed by atoms with Crippen molar-refractivity contribution < 1.29 is 4.79 Å². The number of hydrogen-bond donors (Lipinski definition) is 0. The molecule has 0 radical (unpaired) electrons. The zero-order valence-electron chi connectivity index (χ0n) is 16.4. The van der Waals surface area contributed by atoms with Crippen LogP contribution < -0.4 is 0 Å². The van der Waals surface area contributed by atoms with Gasteiger partial charge in [-0.2, -0.15) is 0 Å². The van der Waals surface area contributed by atoms with Crippen molar-refractivity contribution in [1.29, 1.82) is 0 Å². The fourth-order valence-corrected chi connectivity index (χ4v) is 4.50. The first-order valence-corrected chi connectivity index (χ1v) is 10.8. The number of unbranched alkanes of at least 4 members (excludes halogenated alkanes) is 1. The molecule has 2 saturated heterocycles. The minimum atomic E-state index is 0.428. The molecule has 0 saturated carbocycles. The Morgan fingerprint density at radius 2 is 1.62 bits per heavy atom. The van der Waals surface area contributed by atoms with Crippen LogP contribution in [0.5, 0.6) is 0 Å². The van der Waals surface area contributed by atoms with Gasteiger partial charge in [-0.25, -0.2) is 0 Å². The highest BCUT2D eigenvalue weighted by Crippen LogP contribution is 2.21. The summed E-state index contributed by atoms with van der Waals surface area (Å²) in [5.74, 6) is 0.428. The Bertz CT molecular complexity index is 516. The molecule has 2 fully saturated rings. The number of Topliss-reactive ketones (excluding diaryl/α,β-unsaturated/α-hetero) is 1. The number of benzene rings is 1. The van der Waals surface area contributed by atoms with Gasteiger partial charge in [-0.05, 0) is 83.2 Å². The highest BCUT2D eigenvalue weighted by molar-refractivity contribution is 5.78. The third kappa shape index (κ3) is 6.51. The molecule has 0 N–H and O–H groups in total. The molecule has 3 rings (SSSR count). The summed E-state index contributed by atoms with van der Waals surface area (Å²) in [7, 11) is 0. The molecule has 0 atom stereocenters. The number of nitrogens with zero attached hydrogens (tertiary/aromatic N) is 2. The fourth-order valence-electron chi connectivity index (χ4n) is 4.50. The first-order valence-electron chi connectivity index (χ1n) is 10.8. The second-order valence-corrected chi connectivity index (χ2v) is 8.15. The molecule has 2 aliphatic rings. The summed E-state index contributed by atoms with van der Waals surface area (Å²) in [6.45, 7) is 6.34. The monoisotopic (exact) mass is 356 g/mol. The first kappa shape index (κ1) is 19.6. The third-order valence-corrected chi connectivity index (χ3v) is 6.18. The number of carbonyl (C=O) groups is 1. The van der Waals surface area contributed by atoms with E-state index in [9.17, 15) is 4.79 Å². The van der Waals surface area contributed by atoms with Crippen LogP contribution in [0.15, 0.2) is 30.3 Å². The summed E-state index contributed by atoms with van der Waals surface area (Å²) < 4.78 is 0. The fraction of sp³-hybridized carbons (Fsp3) is 0.696. The van der Waals surface area contributed by atoms with E-state index < -0.39 is 0 Å². The summed E-state index contributed by atoms with van der Waals surface area (Å²) in [4.78, 5) is 17.4. The Morgan fingerprint density at radius 1 is 0.885 bits per heavy atom. The average Bonchev–Trinajstić information content (AvgIpc) is 2.71. The molecule has 0 amide bonds. The number of piperidine rings is 2. The molecule has 0 aliphatic carbocycles. The Balaban J connectivity index is 1.22. The van der Waals surface area contributed by atoms with E-state index in [1.807, 2.05) is 18.2 Å². The standard InChI is InChI=1S/C23H36N2O/c26-23(13-12-21-9-3-1-4-10-21)11-5-8-16-24-19-14-22(15-20-24)25-17-6-2-7-18-25/h1,3-4,9-10,22H,2,5-8,11-20H2. The summed E-state index contributed by atoms with van der Waals surface area (Å²) in [6, 6.07) is 11.2. The Hall–Kier alpha value is -1.19. The van der Waals surface area contributed by atoms with Crippen molar-refractivity contribution in [2.75, 3.05) is 32.7 Å². The molecule has 2 heterocycles. The van der Waals surface area contributed by atoms with E-state index >= 15 is 0 Å². The zero-order valence-corrected chi connectivity index (χ0v) is 16.4. The molecule has 3 nitrogen and oxygen atoms in total. The van der Waals surface area contributed by atoms with Crippen LogP contribution >= 0.6 is 0 Å². The largest absolute Gasteiger partial charge is 0.303 e. The highest BCUT2D eigenvalue weighted by Gasteiger charge is 2.25. The first-order chi connectivity index (χ1) is 12.8. The van der Waals surface area contributed by atoms with Gasteiger partial charge in [0.05, 0.1) is 0 Å². The van der Waals surface area contributed by atoms with Gasteiger partial charge in [-0.3, -0.25) is 4.79 Å². The smallest absolute Gasteiger partial charge is 0.133 e. The molecule has 0 bridgehead atoms. The van der Waals surface area contributed by atoms with Crippen molar-refractivity contribution in [3.63, 3.8) is 0 Å². The Morgan fingerprint density at radius 3 is 2.35 bits per heavy atom. The molecule has 2 aliphatic heterocycles. The van der Waals surface area contributed by atoms with Crippen LogP contribution in [-0.2, 0) is 11.2 Å². The van der Waals surface area contributed by atoms with E-state index in [0.29, 0.717) is 12.2 Å². The summed E-state index contributed by atoms with van der Waals surface area (Å²) in [5, 5.41) is 0. The highest BCUT2D eigenvalue weighted by atomic mass is 16.1. The molecule has 3 heteroatoms. The van der Waals surface area contributed by atoms with Gasteiger partial charge < -0.3 is 9.80 Å². The molecular weight excluding hydrogens is 320 g/mol. The molecular formula is C23H36N2O. The molecule has 1 aromatic rings. The van der Waals surface area contributed by atoms with Crippen LogP contribution in [0.3, 0.4) is 0 Å². The Labute approximate surface area is 159 Å². The van der Waals surface area contributed by atoms with Crippen molar-refractivity contribution in [2.24, 2.45) is 0 Å². The predicted octanol–water partition coefficient (Wildman–Crippen LogP) is 4.31. The summed E-state index contributed by atoms with van der Waals surface area (Å²) in [6.07, 6.45) is 11.5. The van der Waals surface area contributed by atoms with Crippen LogP contribution in [0, 0.1) is 0 Å². The van der Waals surface area contributed by atoms with Gasteiger partial charge in [0.15, 0.2) is 0 Å². The SMILES string of the molecule is O=C(CCCCN1CCC(N2CCCCC2)CC1)CCc1ccccc1. The molecule has 1 aromatic carbocycles. The van der Waals surface area contributed by atoms with Crippen molar-refractivity contribution >= 4 is 5.78 Å². The predicted molar refractivity (Wildman–Crippen MR) is 109 cm³/mol. The van der Waals surface area contributed by atoms with E-state index in [1.54, 1.807) is 0 Å². The lowest BCUT2D eigenvalue weighted by Crippen LogP contribution is -2.46. The van der Waals surface area contributed by atoms with Gasteiger partial charge in [0, 0.05) is 18.9 Å². The lowest BCUT2D eigenvalue weighted by atomic mass is 9.99. The van der Waals surface area contributed by atoms with Crippen molar-refractivity contribution in [3.8, 4) is 0 Å². The normalized spacial score (nSPS) is 20.3. The molecule has 144 valence electrons. The Kier molecular flexibility index (Phi) is 8.16. The van der Waals surface area contributed by atoms with Gasteiger partial charge in [0.1, 0.15) is 5.78 Å². The number of ketones is 1. The molecule has 26 heavy (non-hydrogen) atoms. The van der Waals surface area contributed by atoms with E-state index in [-0.39, 0.29) is 0 Å². The minimum Gasteiger partial charge on any atom is -0.303 e. The number of likely N-dealkylation sites (tertiary alicyclic amines) is 2. The maximum Gasteiger partial charge on any atom is 0.133 e. The van der Waals surface area contributed by atoms with Crippen LogP contribution in [0.1, 0.15) is 63.4 Å². The lowest BCUT2D eigenvalue weighted by Gasteiger charge is -2.40. The molecule has 0 aromatic heterocycles. The minimum absolute atomic E-state index is 0.428. The molecule has 0 unspecified atom stereocenters. The van der Waals surface area contributed by atoms with E-state index in [0.717, 1.165) is 25.3 Å². The summed E-state index contributed by atoms with van der Waals surface area (Å²) >= 11 is 0. The quantitative estimate of drug-likeness (QED) is 0.616. The van der Waals surface area contributed by atoms with Crippen molar-refractivity contribution in [2.45, 2.75) is 70.3 Å². The maximum absolute atomic E-state index is 12.1. The van der Waals surface area contributed by atoms with E-state index in [2.05, 4.69) is 21.9 Å². The van der Waals surface area contributed by atoms with Crippen molar-refractivity contribution in [3.05, 3.63) is 35.9 Å². The van der Waals surface area contributed by atoms with Gasteiger partial charge in [-0.1, -0.05) is 36.8 Å². The van der Waals surface area contributed by atoms with Gasteiger partial charge in [0.25, 0.3) is 0 Å². The average molecular weight is 357 g/mol. The van der Waals surface area contributed by atoms with Crippen molar-refractivity contribution in [1.82, 2.24) is 9.80 Å². The summed E-state index contributed by atoms with van der Waals surface area (Å²) in [5.41, 5.74) is 1.28. The topological polar surface area (TPSA) is 23.6 Å². The number of aryl methyl sites for hydroxylation is 1. The van der Waals surface area contributed by atoms with Crippen LogP contribution in [0.2, 0.25) is 0 Å². The lowest BCUT2D eigenvalue weighted by molar-refractivity contribution is -0.119. The van der Waals surface area contributed by atoms with Gasteiger partial charge in [0.2, 0.25) is 0 Å². The van der Waals surface area contributed by atoms with E-state index in [4.69, 9.17) is 0 Å². The third-order valence-electron chi connectivity index (χ3n) is 6.18. The number of carbonyl (C=O) groups excluding carboxylic acids is 1. The van der Waals surface area contributed by atoms with Crippen LogP contribution in [0.25, 0.3) is 0 Å². The second-order valence-electron chi connectivity index (χ2n) is 8.15. The van der Waals surface area contributed by atoms with Gasteiger partial charge in [-0.15, -0.1) is 0 Å². The van der Waals surface area contributed by atoms with E-state index in [1.165, 1.54) is 76.8 Å². The number of rotatable bonds is 9. The van der Waals surface area contributed by atoms with Crippen LogP contribution in [0.4, 0.5) is 0 Å². The van der Waals surface area contributed by atoms with Gasteiger partial charge >= 0.3 is 0 Å². The molecule has 0 spiro atoms. The van der Waals surface area contributed by atoms with Crippen LogP contribution in [-0.4, -0.2) is 54.3 Å².